The van der Waals surface area contributed by atoms with Gasteiger partial charge < -0.3 is 88.2 Å². The molecule has 5 amide bonds. The second kappa shape index (κ2) is 27.9. The Morgan fingerprint density at radius 3 is 1.04 bits per heavy atom. The van der Waals surface area contributed by atoms with Crippen molar-refractivity contribution in [2.24, 2.45) is 5.11 Å². The average molecular weight is 1270 g/mol. The zero-order valence-corrected chi connectivity index (χ0v) is 53.7. The van der Waals surface area contributed by atoms with E-state index in [-0.39, 0.29) is 38.9 Å². The molecule has 6 heterocycles. The van der Waals surface area contributed by atoms with Crippen molar-refractivity contribution in [3.63, 3.8) is 0 Å². The van der Waals surface area contributed by atoms with Gasteiger partial charge in [0.25, 0.3) is 17.7 Å². The summed E-state index contributed by atoms with van der Waals surface area (Å²) in [5.41, 5.74) is 11.4. The van der Waals surface area contributed by atoms with E-state index in [1.54, 1.807) is 95.2 Å². The van der Waals surface area contributed by atoms with E-state index in [2.05, 4.69) is 36.6 Å². The Balaban J connectivity index is 0.894. The first-order valence-corrected chi connectivity index (χ1v) is 30.6. The Morgan fingerprint density at radius 2 is 0.714 bits per heavy atom. The zero-order valence-electron chi connectivity index (χ0n) is 53.7. The van der Waals surface area contributed by atoms with Gasteiger partial charge in [0.15, 0.2) is 53.0 Å². The minimum atomic E-state index is -1.40. The second-order valence-electron chi connectivity index (χ2n) is 26.2. The fraction of sp³-hybridized carbons (Fsp3) is 0.625. The normalized spacial score (nSPS) is 30.6. The SMILES string of the molecule is COC(=O)[C@H](Cc1ccccc1)NC(=O)[C@@H]1OC(C)(C)O[C@H]1[C@H]1OC(C)(C)O[C@@H]1CNC(=O)[C@H](Cc1ccccc1)NC(=O)[C@@H]1OC(C)(C)O[C@H]1[C@H]1OC(C)(C)O[C@@H]1CNC(=O)[C@H](Cc1ccccc1)NC(=O)[C@@H]1OC(C)(C)O[C@H]1[C@H]1OC(C)(C)O[C@@H]1CN=[N+]=[N-]. The number of hydrogen-bond donors (Lipinski definition) is 5. The van der Waals surface area contributed by atoms with Gasteiger partial charge in [0.2, 0.25) is 11.8 Å². The van der Waals surface area contributed by atoms with Crippen LogP contribution >= 0.6 is 0 Å². The topological polar surface area (TPSA) is 331 Å². The van der Waals surface area contributed by atoms with E-state index in [4.69, 9.17) is 67.1 Å². The van der Waals surface area contributed by atoms with Gasteiger partial charge in [-0.25, -0.2) is 4.79 Å². The molecule has 6 aliphatic rings. The van der Waals surface area contributed by atoms with Crippen LogP contribution in [0.5, 0.6) is 0 Å². The smallest absolute Gasteiger partial charge is 0.328 e. The van der Waals surface area contributed by atoms with Crippen LogP contribution in [-0.4, -0.2) is 188 Å². The van der Waals surface area contributed by atoms with Crippen LogP contribution in [0.25, 0.3) is 10.4 Å². The van der Waals surface area contributed by atoms with E-state index in [1.165, 1.54) is 7.11 Å². The lowest BCUT2D eigenvalue weighted by Gasteiger charge is -2.28. The van der Waals surface area contributed by atoms with Crippen LogP contribution in [0.2, 0.25) is 0 Å². The van der Waals surface area contributed by atoms with Crippen LogP contribution in [0.4, 0.5) is 0 Å². The number of ether oxygens (including phenoxy) is 13. The maximum absolute atomic E-state index is 14.9. The molecule has 5 N–H and O–H groups in total. The molecular formula is C64H86N8O19. The number of carbonyl (C=O) groups excluding carboxylic acids is 6. The number of amides is 5. The van der Waals surface area contributed by atoms with Gasteiger partial charge in [-0.3, -0.25) is 24.0 Å². The molecule has 0 bridgehead atoms. The Morgan fingerprint density at radius 1 is 0.429 bits per heavy atom. The molecule has 0 saturated carbocycles. The van der Waals surface area contributed by atoms with Crippen molar-refractivity contribution in [3.8, 4) is 0 Å². The molecule has 0 spiro atoms. The van der Waals surface area contributed by atoms with Gasteiger partial charge >= 0.3 is 5.97 Å². The van der Waals surface area contributed by atoms with Crippen molar-refractivity contribution >= 4 is 35.5 Å². The summed E-state index contributed by atoms with van der Waals surface area (Å²) in [7, 11) is 1.23. The summed E-state index contributed by atoms with van der Waals surface area (Å²) < 4.78 is 80.8. The largest absolute Gasteiger partial charge is 0.467 e. The summed E-state index contributed by atoms with van der Waals surface area (Å²) in [4.78, 5) is 88.9. The molecule has 3 aromatic rings. The summed E-state index contributed by atoms with van der Waals surface area (Å²) in [5, 5.41) is 18.2. The number of nitrogens with one attached hydrogen (secondary N) is 5. The molecule has 6 aliphatic heterocycles. The molecule has 0 aliphatic carbocycles. The number of rotatable bonds is 24. The second-order valence-corrected chi connectivity index (χ2v) is 26.2. The highest BCUT2D eigenvalue weighted by Crippen LogP contribution is 2.42. The van der Waals surface area contributed by atoms with Gasteiger partial charge in [-0.15, -0.1) is 0 Å². The maximum Gasteiger partial charge on any atom is 0.328 e. The maximum atomic E-state index is 14.9. The van der Waals surface area contributed by atoms with Gasteiger partial charge in [0.05, 0.1) is 19.8 Å². The first kappa shape index (κ1) is 68.7. The molecule has 27 heteroatoms. The molecule has 9 rings (SSSR count). The van der Waals surface area contributed by atoms with Crippen molar-refractivity contribution in [1.82, 2.24) is 26.6 Å². The van der Waals surface area contributed by atoms with Crippen LogP contribution in [0.1, 0.15) is 99.8 Å². The summed E-state index contributed by atoms with van der Waals surface area (Å²) in [6.07, 6.45) is -12.8. The van der Waals surface area contributed by atoms with E-state index >= 15 is 0 Å². The van der Waals surface area contributed by atoms with Gasteiger partial charge in [0.1, 0.15) is 67.0 Å². The highest BCUT2D eigenvalue weighted by Gasteiger charge is 2.60. The third-order valence-corrected chi connectivity index (χ3v) is 16.0. The van der Waals surface area contributed by atoms with Crippen LogP contribution in [-0.2, 0) is 110 Å². The molecule has 3 aromatic carbocycles. The van der Waals surface area contributed by atoms with Crippen molar-refractivity contribution < 1.29 is 90.3 Å². The van der Waals surface area contributed by atoms with E-state index in [9.17, 15) is 28.8 Å². The van der Waals surface area contributed by atoms with Crippen molar-refractivity contribution in [1.29, 1.82) is 0 Å². The minimum Gasteiger partial charge on any atom is -0.467 e. The standard InChI is InChI=1S/C64H86N8O19/c1-59(2)80-41(32-66-54(74)39(30-36-25-19-15-20-26-36)70-56(76)51-49(88-64(11,12)90-51)46-43(34-68-72-65)82-61(5,6)85-46)44(83-59)47-50(89-62(7,8)86-47)55(75)69-38(29-35-23-17-14-18-24-35)53(73)67-33-42-45(84-60(3,4)81-42)48-52(91-63(9,10)87-48)57(77)71-40(58(78)79-13)31-37-27-21-16-22-28-37/h14-28,38-52H,29-34H2,1-13H3,(H,66,74)(H,67,73)(H,69,75)(H,70,76)(H,71,77)/t38-,39-,40-,41+,42+,43+,44-,45-,46-,47-,48-,49-,50+,51+,52+/m0/s1. The molecule has 91 heavy (non-hydrogen) atoms. The number of nitrogens with zero attached hydrogens (tertiary/aromatic N) is 3. The molecular weight excluding hydrogens is 1180 g/mol. The number of esters is 1. The molecule has 496 valence electrons. The van der Waals surface area contributed by atoms with Crippen LogP contribution in [0.3, 0.4) is 0 Å². The Bertz CT molecular complexity index is 3110. The highest BCUT2D eigenvalue weighted by molar-refractivity contribution is 5.91. The van der Waals surface area contributed by atoms with Gasteiger partial charge in [-0.05, 0) is 105 Å². The third kappa shape index (κ3) is 17.5. The van der Waals surface area contributed by atoms with E-state index in [0.29, 0.717) is 5.56 Å². The molecule has 6 fully saturated rings. The summed E-state index contributed by atoms with van der Waals surface area (Å²) in [5.74, 6) is -11.5. The highest BCUT2D eigenvalue weighted by atomic mass is 16.8. The van der Waals surface area contributed by atoms with E-state index in [1.807, 2.05) is 78.9 Å². The fourth-order valence-corrected chi connectivity index (χ4v) is 12.4. The Hall–Kier alpha value is -6.69. The lowest BCUT2D eigenvalue weighted by molar-refractivity contribution is -0.175. The molecule has 0 aromatic heterocycles. The first-order chi connectivity index (χ1) is 42.8. The van der Waals surface area contributed by atoms with Crippen LogP contribution in [0.15, 0.2) is 96.1 Å². The molecule has 27 nitrogen and oxygen atoms in total. The zero-order chi connectivity index (χ0) is 65.8. The average Bonchev–Trinajstić information content (AvgIpc) is 1.64. The number of azide groups is 1. The van der Waals surface area contributed by atoms with Crippen molar-refractivity contribution in [2.75, 3.05) is 26.7 Å². The lowest BCUT2D eigenvalue weighted by atomic mass is 9.99. The van der Waals surface area contributed by atoms with Gasteiger partial charge in [-0.1, -0.05) is 96.1 Å². The number of hydrogen-bond acceptors (Lipinski definition) is 20. The quantitative estimate of drug-likeness (QED) is 0.0366. The molecule has 15 atom stereocenters. The minimum absolute atomic E-state index is 0.0277. The van der Waals surface area contributed by atoms with Crippen LogP contribution in [0, 0.1) is 0 Å². The predicted molar refractivity (Wildman–Crippen MR) is 321 cm³/mol. The monoisotopic (exact) mass is 1270 g/mol. The molecule has 6 saturated heterocycles. The number of benzene rings is 3. The van der Waals surface area contributed by atoms with Crippen molar-refractivity contribution in [2.45, 2.75) is 228 Å². The summed E-state index contributed by atoms with van der Waals surface area (Å²) >= 11 is 0. The molecule has 0 radical (unpaired) electrons. The number of carbonyl (C=O) groups is 6. The number of methoxy groups -OCH3 is 1. The summed E-state index contributed by atoms with van der Waals surface area (Å²) in [6, 6.07) is 23.8. The predicted octanol–water partition coefficient (Wildman–Crippen LogP) is 4.01. The van der Waals surface area contributed by atoms with Crippen LogP contribution < -0.4 is 26.6 Å². The Labute approximate surface area is 529 Å². The Kier molecular flexibility index (Phi) is 21.0. The van der Waals surface area contributed by atoms with Crippen molar-refractivity contribution in [3.05, 3.63) is 118 Å². The fourth-order valence-electron chi connectivity index (χ4n) is 12.4. The van der Waals surface area contributed by atoms with E-state index < -0.39 is 162 Å². The lowest BCUT2D eigenvalue weighted by Crippen LogP contribution is -2.57. The first-order valence-electron chi connectivity index (χ1n) is 30.6. The summed E-state index contributed by atoms with van der Waals surface area (Å²) in [6.45, 7) is 19.4. The molecule has 0 unspecified atom stereocenters. The van der Waals surface area contributed by atoms with Gasteiger partial charge in [0, 0.05) is 37.3 Å². The van der Waals surface area contributed by atoms with E-state index in [0.717, 1.165) is 11.1 Å². The van der Waals surface area contributed by atoms with Gasteiger partial charge in [-0.2, -0.15) is 0 Å². The third-order valence-electron chi connectivity index (χ3n) is 16.0.